The average Bonchev–Trinajstić information content (AvgIpc) is 3.17. The molecular weight excluding hydrogens is 256 g/mol. The Morgan fingerprint density at radius 1 is 1.30 bits per heavy atom. The van der Waals surface area contributed by atoms with Crippen molar-refractivity contribution < 1.29 is 14.3 Å². The van der Waals surface area contributed by atoms with E-state index in [4.69, 9.17) is 14.3 Å². The van der Waals surface area contributed by atoms with E-state index in [0.717, 1.165) is 25.3 Å². The maximum absolute atomic E-state index is 6.01. The Bertz CT molecular complexity index is 446. The number of rotatable bonds is 6. The smallest absolute Gasteiger partial charge is 0.206 e. The number of hydrogen-bond donors (Lipinski definition) is 2. The van der Waals surface area contributed by atoms with Gasteiger partial charge in [0.15, 0.2) is 0 Å². The number of hydrogen-bond acceptors (Lipinski definition) is 5. The maximum Gasteiger partial charge on any atom is 0.206 e. The fourth-order valence-electron chi connectivity index (χ4n) is 2.34. The zero-order valence-electron chi connectivity index (χ0n) is 11.4. The van der Waals surface area contributed by atoms with Crippen LogP contribution in [0.2, 0.25) is 0 Å². The molecule has 0 bridgehead atoms. The first-order valence-electron chi connectivity index (χ1n) is 6.99. The summed E-state index contributed by atoms with van der Waals surface area (Å²) in [6.45, 7) is 3.14. The van der Waals surface area contributed by atoms with E-state index in [0.29, 0.717) is 19.1 Å². The van der Waals surface area contributed by atoms with Crippen LogP contribution in [0.25, 0.3) is 0 Å². The van der Waals surface area contributed by atoms with Crippen molar-refractivity contribution in [2.75, 3.05) is 26.3 Å². The zero-order chi connectivity index (χ0) is 13.7. The summed E-state index contributed by atoms with van der Waals surface area (Å²) in [5, 5.41) is 3.34. The third kappa shape index (κ3) is 3.30. The highest BCUT2D eigenvalue weighted by molar-refractivity contribution is 5.21. The van der Waals surface area contributed by atoms with Crippen LogP contribution in [0.3, 0.4) is 0 Å². The molecule has 5 nitrogen and oxygen atoms in total. The van der Waals surface area contributed by atoms with Crippen LogP contribution in [-0.2, 0) is 9.57 Å². The van der Waals surface area contributed by atoms with Crippen LogP contribution < -0.4 is 15.5 Å². The van der Waals surface area contributed by atoms with E-state index in [1.54, 1.807) is 6.26 Å². The highest BCUT2D eigenvalue weighted by Crippen LogP contribution is 2.20. The largest absolute Gasteiger partial charge is 0.489 e. The maximum atomic E-state index is 6.01. The third-order valence-electron chi connectivity index (χ3n) is 3.57. The number of ether oxygens (including phenoxy) is 2. The molecule has 2 unspecified atom stereocenters. The molecule has 0 aliphatic carbocycles. The highest BCUT2D eigenvalue weighted by atomic mass is 16.7. The van der Waals surface area contributed by atoms with Gasteiger partial charge in [-0.2, -0.15) is 0 Å². The molecule has 2 atom stereocenters. The van der Waals surface area contributed by atoms with E-state index in [9.17, 15) is 0 Å². The van der Waals surface area contributed by atoms with E-state index in [1.165, 1.54) is 0 Å². The molecule has 2 N–H and O–H groups in total. The van der Waals surface area contributed by atoms with Gasteiger partial charge in [0.25, 0.3) is 0 Å². The van der Waals surface area contributed by atoms with Crippen LogP contribution in [0, 0.1) is 5.92 Å². The summed E-state index contributed by atoms with van der Waals surface area (Å²) in [7, 11) is 0. The Morgan fingerprint density at radius 3 is 2.90 bits per heavy atom. The van der Waals surface area contributed by atoms with Crippen LogP contribution in [0.15, 0.2) is 42.7 Å². The van der Waals surface area contributed by atoms with E-state index < -0.39 is 5.72 Å². The second kappa shape index (κ2) is 6.26. The van der Waals surface area contributed by atoms with Crippen LogP contribution in [-0.4, -0.2) is 32.0 Å². The van der Waals surface area contributed by atoms with Gasteiger partial charge in [-0.1, -0.05) is 18.2 Å². The van der Waals surface area contributed by atoms with Gasteiger partial charge in [-0.25, -0.2) is 0 Å². The Hall–Kier alpha value is -1.56. The van der Waals surface area contributed by atoms with Gasteiger partial charge in [-0.05, 0) is 31.0 Å². The summed E-state index contributed by atoms with van der Waals surface area (Å²) in [5.74, 6) is 1.37. The lowest BCUT2D eigenvalue weighted by molar-refractivity contribution is -0.119. The van der Waals surface area contributed by atoms with Gasteiger partial charge >= 0.3 is 0 Å². The predicted molar refractivity (Wildman–Crippen MR) is 75.0 cm³/mol. The van der Waals surface area contributed by atoms with Gasteiger partial charge < -0.3 is 19.6 Å². The minimum Gasteiger partial charge on any atom is -0.489 e. The lowest BCUT2D eigenvalue weighted by Crippen LogP contribution is -2.48. The Kier molecular flexibility index (Phi) is 4.20. The van der Waals surface area contributed by atoms with Gasteiger partial charge in [0, 0.05) is 12.6 Å². The molecule has 0 amide bonds. The van der Waals surface area contributed by atoms with Crippen LogP contribution >= 0.6 is 0 Å². The Balaban J connectivity index is 1.55. The molecule has 0 aromatic heterocycles. The molecule has 2 heterocycles. The lowest BCUT2D eigenvalue weighted by Gasteiger charge is -2.27. The summed E-state index contributed by atoms with van der Waals surface area (Å²) in [6, 6.07) is 9.70. The number of nitrogens with one attached hydrogen (secondary N) is 2. The SMILES string of the molecule is C1=CC(COc2ccccc2)(OCC2CCNC2)NO1. The monoisotopic (exact) mass is 276 g/mol. The van der Waals surface area contributed by atoms with Crippen molar-refractivity contribution in [3.63, 3.8) is 0 Å². The van der Waals surface area contributed by atoms with Crippen LogP contribution in [0.1, 0.15) is 6.42 Å². The van der Waals surface area contributed by atoms with Crippen molar-refractivity contribution in [3.05, 3.63) is 42.7 Å². The summed E-state index contributed by atoms with van der Waals surface area (Å²) < 4.78 is 11.8. The van der Waals surface area contributed by atoms with Crippen molar-refractivity contribution >= 4 is 0 Å². The third-order valence-corrected chi connectivity index (χ3v) is 3.57. The van der Waals surface area contributed by atoms with E-state index in [2.05, 4.69) is 10.8 Å². The second-order valence-corrected chi connectivity index (χ2v) is 5.18. The molecule has 20 heavy (non-hydrogen) atoms. The average molecular weight is 276 g/mol. The molecule has 0 spiro atoms. The molecular formula is C15H20N2O3. The number of hydroxylamine groups is 1. The van der Waals surface area contributed by atoms with Gasteiger partial charge in [0.2, 0.25) is 5.72 Å². The fraction of sp³-hybridized carbons (Fsp3) is 0.467. The van der Waals surface area contributed by atoms with Gasteiger partial charge in [-0.15, -0.1) is 5.48 Å². The van der Waals surface area contributed by atoms with Crippen molar-refractivity contribution in [1.29, 1.82) is 0 Å². The molecule has 0 radical (unpaired) electrons. The molecule has 3 rings (SSSR count). The summed E-state index contributed by atoms with van der Waals surface area (Å²) in [4.78, 5) is 5.11. The Morgan fingerprint density at radius 2 is 2.20 bits per heavy atom. The second-order valence-electron chi connectivity index (χ2n) is 5.18. The topological polar surface area (TPSA) is 51.8 Å². The predicted octanol–water partition coefficient (Wildman–Crippen LogP) is 1.44. The first-order valence-corrected chi connectivity index (χ1v) is 6.99. The highest BCUT2D eigenvalue weighted by Gasteiger charge is 2.35. The van der Waals surface area contributed by atoms with Crippen LogP contribution in [0.5, 0.6) is 5.75 Å². The minimum atomic E-state index is -0.696. The first-order chi connectivity index (χ1) is 9.86. The van der Waals surface area contributed by atoms with Crippen LogP contribution in [0.4, 0.5) is 0 Å². The quantitative estimate of drug-likeness (QED) is 0.823. The minimum absolute atomic E-state index is 0.369. The molecule has 2 aliphatic rings. The molecule has 0 saturated carbocycles. The fourth-order valence-corrected chi connectivity index (χ4v) is 2.34. The first kappa shape index (κ1) is 13.4. The van der Waals surface area contributed by atoms with E-state index in [1.807, 2.05) is 36.4 Å². The van der Waals surface area contributed by atoms with Gasteiger partial charge in [0.05, 0.1) is 6.61 Å². The molecule has 1 aromatic carbocycles. The molecule has 1 saturated heterocycles. The van der Waals surface area contributed by atoms with Gasteiger partial charge in [-0.3, -0.25) is 0 Å². The molecule has 1 fully saturated rings. The van der Waals surface area contributed by atoms with Crippen molar-refractivity contribution in [2.24, 2.45) is 5.92 Å². The standard InChI is InChI=1S/C15H20N2O3/c1-2-4-14(5-3-1)18-12-15(7-9-20-17-15)19-11-13-6-8-16-10-13/h1-5,7,9,13,16-17H,6,8,10-12H2. The molecule has 2 aliphatic heterocycles. The number of benzene rings is 1. The van der Waals surface area contributed by atoms with E-state index >= 15 is 0 Å². The summed E-state index contributed by atoms with van der Waals surface area (Å²) >= 11 is 0. The Labute approximate surface area is 118 Å². The normalized spacial score (nSPS) is 28.5. The lowest BCUT2D eigenvalue weighted by atomic mass is 10.1. The number of para-hydroxylation sites is 1. The summed E-state index contributed by atoms with van der Waals surface area (Å²) in [5.41, 5.74) is 2.19. The van der Waals surface area contributed by atoms with E-state index in [-0.39, 0.29) is 0 Å². The summed E-state index contributed by atoms with van der Waals surface area (Å²) in [6.07, 6.45) is 4.61. The zero-order valence-corrected chi connectivity index (χ0v) is 11.4. The van der Waals surface area contributed by atoms with Crippen molar-refractivity contribution in [1.82, 2.24) is 10.8 Å². The van der Waals surface area contributed by atoms with Crippen molar-refractivity contribution in [2.45, 2.75) is 12.1 Å². The van der Waals surface area contributed by atoms with Crippen molar-refractivity contribution in [3.8, 4) is 5.75 Å². The molecule has 1 aromatic rings. The molecule has 108 valence electrons. The van der Waals surface area contributed by atoms with Gasteiger partial charge in [0.1, 0.15) is 18.6 Å². The molecule has 5 heteroatoms.